The average molecular weight is 342 g/mol. The normalized spacial score (nSPS) is 11.0. The van der Waals surface area contributed by atoms with Gasteiger partial charge < -0.3 is 9.32 Å². The zero-order valence-electron chi connectivity index (χ0n) is 14.1. The number of benzene rings is 2. The molecule has 0 bridgehead atoms. The summed E-state index contributed by atoms with van der Waals surface area (Å²) in [5.74, 6) is 0.0440. The highest BCUT2D eigenvalue weighted by Crippen LogP contribution is 2.28. The summed E-state index contributed by atoms with van der Waals surface area (Å²) in [7, 11) is 0. The van der Waals surface area contributed by atoms with Gasteiger partial charge in [-0.3, -0.25) is 4.79 Å². The minimum Gasteiger partial charge on any atom is -0.464 e. The van der Waals surface area contributed by atoms with Crippen LogP contribution in [0, 0.1) is 13.8 Å². The van der Waals surface area contributed by atoms with Gasteiger partial charge in [-0.2, -0.15) is 0 Å². The van der Waals surface area contributed by atoms with Crippen molar-refractivity contribution in [2.24, 2.45) is 0 Å². The van der Waals surface area contributed by atoms with Crippen molar-refractivity contribution in [1.82, 2.24) is 0 Å². The van der Waals surface area contributed by atoms with Crippen LogP contribution in [0.15, 0.2) is 47.1 Å². The molecule has 3 nitrogen and oxygen atoms in total. The quantitative estimate of drug-likeness (QED) is 0.645. The van der Waals surface area contributed by atoms with E-state index >= 15 is 0 Å². The summed E-state index contributed by atoms with van der Waals surface area (Å²) in [6, 6.07) is 11.8. The summed E-state index contributed by atoms with van der Waals surface area (Å²) in [6.45, 7) is 6.56. The van der Waals surface area contributed by atoms with Crippen LogP contribution in [0.1, 0.15) is 23.6 Å². The zero-order chi connectivity index (χ0) is 17.3. The van der Waals surface area contributed by atoms with Crippen LogP contribution < -0.4 is 4.90 Å². The molecular formula is C20H20ClNO2. The minimum absolute atomic E-state index is 0.0440. The number of halogens is 1. The van der Waals surface area contributed by atoms with E-state index < -0.39 is 0 Å². The molecule has 0 saturated carbocycles. The molecule has 0 atom stereocenters. The fraction of sp³-hybridized carbons (Fsp3) is 0.250. The lowest BCUT2D eigenvalue weighted by Crippen LogP contribution is -2.31. The maximum absolute atomic E-state index is 12.8. The zero-order valence-corrected chi connectivity index (χ0v) is 14.9. The van der Waals surface area contributed by atoms with Gasteiger partial charge in [0.1, 0.15) is 5.58 Å². The molecule has 0 unspecified atom stereocenters. The summed E-state index contributed by atoms with van der Waals surface area (Å²) in [5.41, 5.74) is 4.64. The molecule has 3 aromatic rings. The van der Waals surface area contributed by atoms with E-state index in [9.17, 15) is 4.79 Å². The Morgan fingerprint density at radius 2 is 2.00 bits per heavy atom. The molecule has 24 heavy (non-hydrogen) atoms. The number of nitrogens with zero attached hydrogens (tertiary/aromatic N) is 1. The Morgan fingerprint density at radius 3 is 2.71 bits per heavy atom. The Bertz CT molecular complexity index is 898. The summed E-state index contributed by atoms with van der Waals surface area (Å²) >= 11 is 6.22. The average Bonchev–Trinajstić information content (AvgIpc) is 2.91. The van der Waals surface area contributed by atoms with Crippen LogP contribution in [-0.4, -0.2) is 12.5 Å². The van der Waals surface area contributed by atoms with Gasteiger partial charge in [0.05, 0.1) is 12.7 Å². The standard InChI is InChI=1S/C20H20ClNO2/c1-4-22(16-7-5-6-13(2)8-16)20(23)10-15-12-24-19-9-14(3)18(21)11-17(15)19/h5-9,11-12H,4,10H2,1-3H3. The Balaban J connectivity index is 1.90. The molecule has 0 aliphatic rings. The molecule has 1 amide bonds. The van der Waals surface area contributed by atoms with Crippen molar-refractivity contribution in [3.05, 3.63) is 64.4 Å². The number of furan rings is 1. The van der Waals surface area contributed by atoms with Crippen LogP contribution in [0.5, 0.6) is 0 Å². The van der Waals surface area contributed by atoms with Crippen molar-refractivity contribution < 1.29 is 9.21 Å². The van der Waals surface area contributed by atoms with Gasteiger partial charge in [0.2, 0.25) is 5.91 Å². The van der Waals surface area contributed by atoms with Crippen molar-refractivity contribution in [1.29, 1.82) is 0 Å². The van der Waals surface area contributed by atoms with E-state index in [4.69, 9.17) is 16.0 Å². The van der Waals surface area contributed by atoms with Gasteiger partial charge in [-0.1, -0.05) is 23.7 Å². The van der Waals surface area contributed by atoms with Crippen LogP contribution in [0.2, 0.25) is 5.02 Å². The molecule has 0 saturated heterocycles. The van der Waals surface area contributed by atoms with Crippen molar-refractivity contribution >= 4 is 34.2 Å². The second-order valence-electron chi connectivity index (χ2n) is 6.01. The molecule has 3 rings (SSSR count). The number of anilines is 1. The number of rotatable bonds is 4. The highest BCUT2D eigenvalue weighted by molar-refractivity contribution is 6.32. The van der Waals surface area contributed by atoms with Crippen LogP contribution in [0.25, 0.3) is 11.0 Å². The first-order valence-corrected chi connectivity index (χ1v) is 8.40. The van der Waals surface area contributed by atoms with Gasteiger partial charge in [0.15, 0.2) is 0 Å². The van der Waals surface area contributed by atoms with Gasteiger partial charge in [-0.05, 0) is 56.2 Å². The van der Waals surface area contributed by atoms with Gasteiger partial charge in [-0.15, -0.1) is 0 Å². The van der Waals surface area contributed by atoms with E-state index in [1.54, 1.807) is 11.2 Å². The molecule has 0 radical (unpaired) electrons. The molecule has 2 aromatic carbocycles. The highest BCUT2D eigenvalue weighted by Gasteiger charge is 2.18. The number of carbonyl (C=O) groups is 1. The number of fused-ring (bicyclic) bond motifs is 1. The van der Waals surface area contributed by atoms with Gasteiger partial charge in [-0.25, -0.2) is 0 Å². The number of carbonyl (C=O) groups excluding carboxylic acids is 1. The second-order valence-corrected chi connectivity index (χ2v) is 6.42. The van der Waals surface area contributed by atoms with Gasteiger partial charge in [0, 0.05) is 28.2 Å². The molecule has 1 heterocycles. The number of hydrogen-bond acceptors (Lipinski definition) is 2. The third-order valence-electron chi connectivity index (χ3n) is 4.21. The summed E-state index contributed by atoms with van der Waals surface area (Å²) in [5, 5.41) is 1.59. The first-order chi connectivity index (χ1) is 11.5. The number of hydrogen-bond donors (Lipinski definition) is 0. The summed E-state index contributed by atoms with van der Waals surface area (Å²) in [4.78, 5) is 14.6. The predicted molar refractivity (Wildman–Crippen MR) is 98.9 cm³/mol. The maximum atomic E-state index is 12.8. The molecule has 0 N–H and O–H groups in total. The lowest BCUT2D eigenvalue weighted by Gasteiger charge is -2.21. The van der Waals surface area contributed by atoms with E-state index in [1.165, 1.54) is 0 Å². The Hall–Kier alpha value is -2.26. The first kappa shape index (κ1) is 16.6. The third kappa shape index (κ3) is 3.17. The Morgan fingerprint density at radius 1 is 1.21 bits per heavy atom. The largest absolute Gasteiger partial charge is 0.464 e. The Labute approximate surface area is 146 Å². The second kappa shape index (κ2) is 6.70. The molecular weight excluding hydrogens is 322 g/mol. The number of amides is 1. The number of aryl methyl sites for hydroxylation is 2. The topological polar surface area (TPSA) is 33.5 Å². The fourth-order valence-electron chi connectivity index (χ4n) is 2.90. The maximum Gasteiger partial charge on any atom is 0.231 e. The molecule has 4 heteroatoms. The summed E-state index contributed by atoms with van der Waals surface area (Å²) < 4.78 is 5.59. The monoisotopic (exact) mass is 341 g/mol. The van der Waals surface area contributed by atoms with E-state index in [-0.39, 0.29) is 12.3 Å². The molecule has 0 aliphatic heterocycles. The SMILES string of the molecule is CCN(C(=O)Cc1coc2cc(C)c(Cl)cc12)c1cccc(C)c1. The molecule has 1 aromatic heterocycles. The van der Waals surface area contributed by atoms with Gasteiger partial charge >= 0.3 is 0 Å². The predicted octanol–water partition coefficient (Wildman–Crippen LogP) is 5.30. The summed E-state index contributed by atoms with van der Waals surface area (Å²) in [6.07, 6.45) is 1.94. The number of likely N-dealkylation sites (N-methyl/N-ethyl adjacent to an activating group) is 1. The first-order valence-electron chi connectivity index (χ1n) is 8.03. The van der Waals surface area contributed by atoms with E-state index in [0.29, 0.717) is 11.6 Å². The lowest BCUT2D eigenvalue weighted by atomic mass is 10.1. The van der Waals surface area contributed by atoms with Crippen molar-refractivity contribution in [3.8, 4) is 0 Å². The van der Waals surface area contributed by atoms with Crippen molar-refractivity contribution in [2.45, 2.75) is 27.2 Å². The molecule has 0 fully saturated rings. The van der Waals surface area contributed by atoms with Crippen molar-refractivity contribution in [3.63, 3.8) is 0 Å². The van der Waals surface area contributed by atoms with E-state index in [0.717, 1.165) is 33.3 Å². The van der Waals surface area contributed by atoms with Crippen LogP contribution in [0.4, 0.5) is 5.69 Å². The highest BCUT2D eigenvalue weighted by atomic mass is 35.5. The minimum atomic E-state index is 0.0440. The fourth-order valence-corrected chi connectivity index (χ4v) is 3.06. The van der Waals surface area contributed by atoms with Crippen LogP contribution in [0.3, 0.4) is 0 Å². The van der Waals surface area contributed by atoms with Gasteiger partial charge in [0.25, 0.3) is 0 Å². The third-order valence-corrected chi connectivity index (χ3v) is 4.61. The van der Waals surface area contributed by atoms with E-state index in [2.05, 4.69) is 0 Å². The van der Waals surface area contributed by atoms with Crippen LogP contribution in [-0.2, 0) is 11.2 Å². The smallest absolute Gasteiger partial charge is 0.231 e. The Kier molecular flexibility index (Phi) is 4.63. The molecule has 0 aliphatic carbocycles. The van der Waals surface area contributed by atoms with Crippen molar-refractivity contribution in [2.75, 3.05) is 11.4 Å². The molecule has 0 spiro atoms. The molecule has 124 valence electrons. The van der Waals surface area contributed by atoms with E-state index in [1.807, 2.05) is 57.2 Å². The van der Waals surface area contributed by atoms with Crippen LogP contribution >= 0.6 is 11.6 Å². The lowest BCUT2D eigenvalue weighted by molar-refractivity contribution is -0.117.